The van der Waals surface area contributed by atoms with Crippen molar-refractivity contribution in [1.82, 2.24) is 9.29 Å². The van der Waals surface area contributed by atoms with Gasteiger partial charge in [-0.05, 0) is 42.8 Å². The van der Waals surface area contributed by atoms with Crippen molar-refractivity contribution in [1.29, 1.82) is 0 Å². The van der Waals surface area contributed by atoms with Crippen LogP contribution in [0.25, 0.3) is 11.3 Å². The van der Waals surface area contributed by atoms with Crippen LogP contribution in [0.2, 0.25) is 10.0 Å². The maximum absolute atomic E-state index is 13.6. The molecule has 0 radical (unpaired) electrons. The molecular weight excluding hydrogens is 468 g/mol. The van der Waals surface area contributed by atoms with Crippen molar-refractivity contribution in [3.63, 3.8) is 0 Å². The highest BCUT2D eigenvalue weighted by molar-refractivity contribution is 7.89. The van der Waals surface area contributed by atoms with E-state index in [-0.39, 0.29) is 4.90 Å². The van der Waals surface area contributed by atoms with Crippen LogP contribution >= 0.6 is 34.5 Å². The van der Waals surface area contributed by atoms with Gasteiger partial charge in [0.2, 0.25) is 10.0 Å². The molecule has 2 aromatic carbocycles. The molecule has 1 fully saturated rings. The maximum Gasteiger partial charge on any atom is 0.243 e. The van der Waals surface area contributed by atoms with Gasteiger partial charge in [0.15, 0.2) is 5.13 Å². The Morgan fingerprint density at radius 1 is 1.03 bits per heavy atom. The highest BCUT2D eigenvalue weighted by Crippen LogP contribution is 2.32. The normalized spacial score (nSPS) is 15.5. The molecule has 4 rings (SSSR count). The fourth-order valence-electron chi connectivity index (χ4n) is 3.35. The Kier molecular flexibility index (Phi) is 6.05. The van der Waals surface area contributed by atoms with Crippen LogP contribution in [0.4, 0.5) is 9.52 Å². The molecule has 2 heterocycles. The molecule has 0 saturated carbocycles. The van der Waals surface area contributed by atoms with Gasteiger partial charge in [-0.3, -0.25) is 0 Å². The molecule has 1 aliphatic heterocycles. The van der Waals surface area contributed by atoms with Crippen molar-refractivity contribution in [2.75, 3.05) is 31.1 Å². The molecule has 3 aromatic rings. The lowest BCUT2D eigenvalue weighted by molar-refractivity contribution is 0.384. The molecule has 0 unspecified atom stereocenters. The fourth-order valence-corrected chi connectivity index (χ4v) is 6.43. The first kappa shape index (κ1) is 21.5. The first-order valence-electron chi connectivity index (χ1n) is 9.17. The van der Waals surface area contributed by atoms with Gasteiger partial charge in [-0.1, -0.05) is 29.3 Å². The zero-order valence-corrected chi connectivity index (χ0v) is 19.1. The number of hydrogen-bond acceptors (Lipinski definition) is 5. The zero-order chi connectivity index (χ0) is 21.5. The number of hydrogen-bond donors (Lipinski definition) is 0. The van der Waals surface area contributed by atoms with Crippen molar-refractivity contribution in [3.8, 4) is 11.3 Å². The van der Waals surface area contributed by atoms with E-state index >= 15 is 0 Å². The summed E-state index contributed by atoms with van der Waals surface area (Å²) < 4.78 is 40.9. The molecule has 30 heavy (non-hydrogen) atoms. The number of aromatic nitrogens is 1. The summed E-state index contributed by atoms with van der Waals surface area (Å²) in [5.74, 6) is -0.561. The van der Waals surface area contributed by atoms with E-state index in [0.29, 0.717) is 41.8 Å². The molecule has 158 valence electrons. The van der Waals surface area contributed by atoms with Crippen molar-refractivity contribution >= 4 is 49.7 Å². The number of anilines is 1. The second-order valence-electron chi connectivity index (χ2n) is 6.97. The van der Waals surface area contributed by atoms with Crippen LogP contribution in [0, 0.1) is 12.7 Å². The third-order valence-electron chi connectivity index (χ3n) is 4.93. The predicted molar refractivity (Wildman–Crippen MR) is 120 cm³/mol. The Hall–Kier alpha value is -1.71. The smallest absolute Gasteiger partial charge is 0.243 e. The largest absolute Gasteiger partial charge is 0.345 e. The third kappa shape index (κ3) is 4.33. The fraction of sp³-hybridized carbons (Fsp3) is 0.250. The number of nitrogens with zero attached hydrogens (tertiary/aromatic N) is 3. The van der Waals surface area contributed by atoms with E-state index in [1.165, 1.54) is 27.8 Å². The van der Waals surface area contributed by atoms with E-state index in [1.807, 2.05) is 10.3 Å². The lowest BCUT2D eigenvalue weighted by atomic mass is 10.2. The summed E-state index contributed by atoms with van der Waals surface area (Å²) in [6, 6.07) is 9.10. The van der Waals surface area contributed by atoms with E-state index in [9.17, 15) is 12.8 Å². The summed E-state index contributed by atoms with van der Waals surface area (Å²) in [6.07, 6.45) is 0. The number of sulfonamides is 1. The van der Waals surface area contributed by atoms with Gasteiger partial charge >= 0.3 is 0 Å². The van der Waals surface area contributed by atoms with Crippen molar-refractivity contribution in [2.24, 2.45) is 0 Å². The number of thiazole rings is 1. The number of rotatable bonds is 4. The lowest BCUT2D eigenvalue weighted by Gasteiger charge is -2.34. The van der Waals surface area contributed by atoms with Gasteiger partial charge in [0, 0.05) is 47.2 Å². The minimum atomic E-state index is -3.75. The topological polar surface area (TPSA) is 53.5 Å². The van der Waals surface area contributed by atoms with Crippen molar-refractivity contribution in [3.05, 3.63) is 63.2 Å². The van der Waals surface area contributed by atoms with Gasteiger partial charge in [-0.2, -0.15) is 4.31 Å². The van der Waals surface area contributed by atoms with Crippen LogP contribution in [-0.4, -0.2) is 43.9 Å². The predicted octanol–water partition coefficient (Wildman–Crippen LogP) is 5.08. The van der Waals surface area contributed by atoms with Gasteiger partial charge in [-0.25, -0.2) is 17.8 Å². The Bertz CT molecular complexity index is 1170. The van der Waals surface area contributed by atoms with Gasteiger partial charge in [0.1, 0.15) is 5.82 Å². The lowest BCUT2D eigenvalue weighted by Crippen LogP contribution is -2.48. The van der Waals surface area contributed by atoms with Crippen LogP contribution in [0.5, 0.6) is 0 Å². The number of halogens is 3. The summed E-state index contributed by atoms with van der Waals surface area (Å²) >= 11 is 13.6. The Balaban J connectivity index is 1.49. The van der Waals surface area contributed by atoms with Crippen molar-refractivity contribution < 1.29 is 12.8 Å². The molecule has 0 amide bonds. The van der Waals surface area contributed by atoms with Gasteiger partial charge in [0.25, 0.3) is 0 Å². The van der Waals surface area contributed by atoms with E-state index in [4.69, 9.17) is 23.2 Å². The molecule has 0 bridgehead atoms. The third-order valence-corrected chi connectivity index (χ3v) is 8.31. The van der Waals surface area contributed by atoms with Crippen LogP contribution < -0.4 is 4.90 Å². The summed E-state index contributed by atoms with van der Waals surface area (Å²) in [5.41, 5.74) is 2.13. The molecule has 0 N–H and O–H groups in total. The molecule has 1 saturated heterocycles. The monoisotopic (exact) mass is 485 g/mol. The summed E-state index contributed by atoms with van der Waals surface area (Å²) in [5, 5.41) is 3.81. The second kappa shape index (κ2) is 8.43. The molecule has 5 nitrogen and oxygen atoms in total. The first-order chi connectivity index (χ1) is 14.2. The van der Waals surface area contributed by atoms with Crippen LogP contribution in [0.1, 0.15) is 5.56 Å². The number of piperazine rings is 1. The van der Waals surface area contributed by atoms with Gasteiger partial charge in [0.05, 0.1) is 10.6 Å². The molecule has 1 aliphatic rings. The standard InChI is InChI=1S/C20H18Cl2FN3O2S2/c1-13-2-3-17(23)11-19(13)30(27,28)26-6-4-25(5-7-26)20-24-18(12-29-20)14-8-15(21)10-16(22)9-14/h2-3,8-12H,4-7H2,1H3. The minimum Gasteiger partial charge on any atom is -0.345 e. The highest BCUT2D eigenvalue weighted by atomic mass is 35.5. The average Bonchev–Trinajstić information content (AvgIpc) is 3.19. The molecule has 0 aliphatic carbocycles. The number of benzene rings is 2. The van der Waals surface area contributed by atoms with E-state index in [1.54, 1.807) is 25.1 Å². The maximum atomic E-state index is 13.6. The van der Waals surface area contributed by atoms with Crippen LogP contribution in [-0.2, 0) is 10.0 Å². The minimum absolute atomic E-state index is 0.0188. The van der Waals surface area contributed by atoms with Gasteiger partial charge in [-0.15, -0.1) is 11.3 Å². The van der Waals surface area contributed by atoms with Crippen LogP contribution in [0.3, 0.4) is 0 Å². The quantitative estimate of drug-likeness (QED) is 0.517. The summed E-state index contributed by atoms with van der Waals surface area (Å²) in [4.78, 5) is 6.73. The Morgan fingerprint density at radius 2 is 1.70 bits per heavy atom. The number of aryl methyl sites for hydroxylation is 1. The van der Waals surface area contributed by atoms with Gasteiger partial charge < -0.3 is 4.90 Å². The average molecular weight is 486 g/mol. The Labute approximate surface area is 188 Å². The first-order valence-corrected chi connectivity index (χ1v) is 12.2. The molecule has 0 spiro atoms. The summed E-state index contributed by atoms with van der Waals surface area (Å²) in [6.45, 7) is 3.27. The zero-order valence-electron chi connectivity index (χ0n) is 16.0. The van der Waals surface area contributed by atoms with E-state index in [0.717, 1.165) is 22.5 Å². The molecular formula is C20H18Cl2FN3O2S2. The van der Waals surface area contributed by atoms with Crippen LogP contribution in [0.15, 0.2) is 46.7 Å². The highest BCUT2D eigenvalue weighted by Gasteiger charge is 2.30. The molecule has 10 heteroatoms. The molecule has 0 atom stereocenters. The Morgan fingerprint density at radius 3 is 2.37 bits per heavy atom. The second-order valence-corrected chi connectivity index (χ2v) is 10.6. The summed E-state index contributed by atoms with van der Waals surface area (Å²) in [7, 11) is -3.75. The van der Waals surface area contributed by atoms with E-state index < -0.39 is 15.8 Å². The molecule has 1 aromatic heterocycles. The SMILES string of the molecule is Cc1ccc(F)cc1S(=O)(=O)N1CCN(c2nc(-c3cc(Cl)cc(Cl)c3)cs2)CC1. The van der Waals surface area contributed by atoms with Crippen molar-refractivity contribution in [2.45, 2.75) is 11.8 Å². The van der Waals surface area contributed by atoms with E-state index in [2.05, 4.69) is 4.98 Å².